The van der Waals surface area contributed by atoms with Gasteiger partial charge in [-0.1, -0.05) is 6.08 Å². The van der Waals surface area contributed by atoms with E-state index >= 15 is 0 Å². The quantitative estimate of drug-likeness (QED) is 0.575. The number of hydrogen-bond donors (Lipinski definition) is 0. The van der Waals surface area contributed by atoms with Crippen LogP contribution >= 0.6 is 0 Å². The van der Waals surface area contributed by atoms with Crippen molar-refractivity contribution in [2.75, 3.05) is 20.3 Å². The summed E-state index contributed by atoms with van der Waals surface area (Å²) in [7, 11) is 1.40. The lowest BCUT2D eigenvalue weighted by Gasteiger charge is -2.15. The van der Waals surface area contributed by atoms with Crippen molar-refractivity contribution in [2.24, 2.45) is 0 Å². The SMILES string of the molecule is COC(=O)c1cccn1CC1=CCOCC1. The number of esters is 1. The molecule has 0 atom stereocenters. The Morgan fingerprint density at radius 1 is 1.62 bits per heavy atom. The molecule has 0 fully saturated rings. The third-order valence-electron chi connectivity index (χ3n) is 2.65. The van der Waals surface area contributed by atoms with Crippen molar-refractivity contribution in [3.63, 3.8) is 0 Å². The van der Waals surface area contributed by atoms with Crippen LogP contribution in [0.3, 0.4) is 0 Å². The maximum absolute atomic E-state index is 11.4. The van der Waals surface area contributed by atoms with Crippen molar-refractivity contribution >= 4 is 5.97 Å². The number of hydrogen-bond acceptors (Lipinski definition) is 3. The summed E-state index contributed by atoms with van der Waals surface area (Å²) >= 11 is 0. The Bertz CT molecular complexity index is 406. The summed E-state index contributed by atoms with van der Waals surface area (Å²) in [5, 5.41) is 0. The first-order valence-corrected chi connectivity index (χ1v) is 5.30. The summed E-state index contributed by atoms with van der Waals surface area (Å²) < 4.78 is 11.9. The molecule has 0 saturated carbocycles. The topological polar surface area (TPSA) is 40.5 Å². The normalized spacial score (nSPS) is 15.7. The number of ether oxygens (including phenoxy) is 2. The molecule has 1 aliphatic heterocycles. The molecule has 0 amide bonds. The summed E-state index contributed by atoms with van der Waals surface area (Å²) in [6, 6.07) is 3.62. The highest BCUT2D eigenvalue weighted by atomic mass is 16.5. The first-order chi connectivity index (χ1) is 7.81. The van der Waals surface area contributed by atoms with E-state index in [1.807, 2.05) is 16.8 Å². The van der Waals surface area contributed by atoms with Gasteiger partial charge >= 0.3 is 5.97 Å². The Hall–Kier alpha value is -1.55. The van der Waals surface area contributed by atoms with E-state index in [2.05, 4.69) is 6.08 Å². The minimum absolute atomic E-state index is 0.294. The van der Waals surface area contributed by atoms with Crippen molar-refractivity contribution in [3.05, 3.63) is 35.7 Å². The van der Waals surface area contributed by atoms with E-state index in [4.69, 9.17) is 9.47 Å². The molecule has 0 N–H and O–H groups in total. The lowest BCUT2D eigenvalue weighted by Crippen LogP contribution is -2.14. The van der Waals surface area contributed by atoms with Crippen LogP contribution in [0.4, 0.5) is 0 Å². The fourth-order valence-corrected chi connectivity index (χ4v) is 1.77. The van der Waals surface area contributed by atoms with Gasteiger partial charge in [0.05, 0.1) is 20.3 Å². The standard InChI is InChI=1S/C12H15NO3/c1-15-12(14)11-3-2-6-13(11)9-10-4-7-16-8-5-10/h2-4,6H,5,7-9H2,1H3. The van der Waals surface area contributed by atoms with E-state index in [-0.39, 0.29) is 5.97 Å². The highest BCUT2D eigenvalue weighted by Crippen LogP contribution is 2.13. The monoisotopic (exact) mass is 221 g/mol. The van der Waals surface area contributed by atoms with Gasteiger partial charge in [0.2, 0.25) is 0 Å². The van der Waals surface area contributed by atoms with Gasteiger partial charge in [0, 0.05) is 12.7 Å². The number of carbonyl (C=O) groups excluding carboxylic acids is 1. The first kappa shape index (κ1) is 11.0. The Kier molecular flexibility index (Phi) is 3.41. The molecule has 86 valence electrons. The van der Waals surface area contributed by atoms with Crippen LogP contribution in [-0.2, 0) is 16.0 Å². The molecule has 0 aliphatic carbocycles. The number of methoxy groups -OCH3 is 1. The summed E-state index contributed by atoms with van der Waals surface area (Å²) in [5.41, 5.74) is 1.89. The zero-order chi connectivity index (χ0) is 11.4. The molecule has 1 aliphatic rings. The van der Waals surface area contributed by atoms with E-state index in [0.29, 0.717) is 12.3 Å². The largest absolute Gasteiger partial charge is 0.464 e. The van der Waals surface area contributed by atoms with Crippen LogP contribution in [0.1, 0.15) is 16.9 Å². The van der Waals surface area contributed by atoms with Crippen LogP contribution in [0.2, 0.25) is 0 Å². The smallest absolute Gasteiger partial charge is 0.354 e. The van der Waals surface area contributed by atoms with Crippen LogP contribution in [0, 0.1) is 0 Å². The molecule has 0 unspecified atom stereocenters. The second kappa shape index (κ2) is 4.99. The minimum atomic E-state index is -0.294. The highest BCUT2D eigenvalue weighted by molar-refractivity contribution is 5.87. The Morgan fingerprint density at radius 3 is 3.19 bits per heavy atom. The molecule has 1 aromatic rings. The summed E-state index contributed by atoms with van der Waals surface area (Å²) in [6.45, 7) is 2.17. The molecule has 4 nitrogen and oxygen atoms in total. The predicted octanol–water partition coefficient (Wildman–Crippen LogP) is 1.62. The molecule has 0 radical (unpaired) electrons. The van der Waals surface area contributed by atoms with E-state index in [1.165, 1.54) is 12.7 Å². The Balaban J connectivity index is 2.12. The van der Waals surface area contributed by atoms with E-state index < -0.39 is 0 Å². The van der Waals surface area contributed by atoms with Crippen molar-refractivity contribution in [1.29, 1.82) is 0 Å². The van der Waals surface area contributed by atoms with Crippen LogP contribution < -0.4 is 0 Å². The van der Waals surface area contributed by atoms with E-state index in [1.54, 1.807) is 6.07 Å². The maximum Gasteiger partial charge on any atom is 0.354 e. The third-order valence-corrected chi connectivity index (χ3v) is 2.65. The number of carbonyl (C=O) groups is 1. The van der Waals surface area contributed by atoms with Gasteiger partial charge in [0.15, 0.2) is 0 Å². The van der Waals surface area contributed by atoms with Gasteiger partial charge < -0.3 is 14.0 Å². The summed E-state index contributed by atoms with van der Waals surface area (Å²) in [6.07, 6.45) is 4.89. The van der Waals surface area contributed by atoms with Crippen LogP contribution in [0.25, 0.3) is 0 Å². The third kappa shape index (κ3) is 2.33. The minimum Gasteiger partial charge on any atom is -0.464 e. The van der Waals surface area contributed by atoms with Crippen LogP contribution in [-0.4, -0.2) is 30.9 Å². The molecule has 16 heavy (non-hydrogen) atoms. The average Bonchev–Trinajstić information content (AvgIpc) is 2.77. The van der Waals surface area contributed by atoms with E-state index in [0.717, 1.165) is 19.6 Å². The lowest BCUT2D eigenvalue weighted by atomic mass is 10.1. The molecule has 1 aromatic heterocycles. The summed E-state index contributed by atoms with van der Waals surface area (Å²) in [4.78, 5) is 11.4. The molecule has 0 spiro atoms. The number of rotatable bonds is 3. The van der Waals surface area contributed by atoms with Gasteiger partial charge in [-0.2, -0.15) is 0 Å². The maximum atomic E-state index is 11.4. The van der Waals surface area contributed by atoms with Gasteiger partial charge in [-0.05, 0) is 24.1 Å². The second-order valence-corrected chi connectivity index (χ2v) is 3.70. The zero-order valence-corrected chi connectivity index (χ0v) is 9.31. The van der Waals surface area contributed by atoms with E-state index in [9.17, 15) is 4.79 Å². The van der Waals surface area contributed by atoms with Gasteiger partial charge in [0.1, 0.15) is 5.69 Å². The van der Waals surface area contributed by atoms with Crippen molar-refractivity contribution in [2.45, 2.75) is 13.0 Å². The lowest BCUT2D eigenvalue weighted by molar-refractivity contribution is 0.0589. The van der Waals surface area contributed by atoms with Crippen molar-refractivity contribution < 1.29 is 14.3 Å². The molecule has 0 aromatic carbocycles. The molecule has 2 heterocycles. The molecule has 2 rings (SSSR count). The fourth-order valence-electron chi connectivity index (χ4n) is 1.77. The highest BCUT2D eigenvalue weighted by Gasteiger charge is 2.12. The van der Waals surface area contributed by atoms with Crippen molar-refractivity contribution in [3.8, 4) is 0 Å². The number of aromatic nitrogens is 1. The predicted molar refractivity (Wildman–Crippen MR) is 59.3 cm³/mol. The van der Waals surface area contributed by atoms with Crippen molar-refractivity contribution in [1.82, 2.24) is 4.57 Å². The van der Waals surface area contributed by atoms with Gasteiger partial charge in [-0.15, -0.1) is 0 Å². The second-order valence-electron chi connectivity index (χ2n) is 3.70. The Labute approximate surface area is 94.5 Å². The Morgan fingerprint density at radius 2 is 2.50 bits per heavy atom. The van der Waals surface area contributed by atoms with Crippen LogP contribution in [0.5, 0.6) is 0 Å². The average molecular weight is 221 g/mol. The number of nitrogens with zero attached hydrogens (tertiary/aromatic N) is 1. The van der Waals surface area contributed by atoms with Gasteiger partial charge in [0.25, 0.3) is 0 Å². The molecule has 0 saturated heterocycles. The fraction of sp³-hybridized carbons (Fsp3) is 0.417. The molecule has 0 bridgehead atoms. The molecular weight excluding hydrogens is 206 g/mol. The van der Waals surface area contributed by atoms with Crippen LogP contribution in [0.15, 0.2) is 30.0 Å². The van der Waals surface area contributed by atoms with Gasteiger partial charge in [-0.25, -0.2) is 4.79 Å². The summed E-state index contributed by atoms with van der Waals surface area (Å²) in [5.74, 6) is -0.294. The zero-order valence-electron chi connectivity index (χ0n) is 9.31. The molecule has 4 heteroatoms. The molecular formula is C12H15NO3. The first-order valence-electron chi connectivity index (χ1n) is 5.30. The van der Waals surface area contributed by atoms with Gasteiger partial charge in [-0.3, -0.25) is 0 Å².